The summed E-state index contributed by atoms with van der Waals surface area (Å²) in [6, 6.07) is 6.61. The van der Waals surface area contributed by atoms with E-state index < -0.39 is 0 Å². The number of unbranched alkanes of at least 4 members (excludes halogenated alkanes) is 1. The predicted octanol–water partition coefficient (Wildman–Crippen LogP) is 2.55. The lowest BCUT2D eigenvalue weighted by Crippen LogP contribution is -2.29. The zero-order valence-corrected chi connectivity index (χ0v) is 12.7. The van der Waals surface area contributed by atoms with Crippen LogP contribution in [-0.4, -0.2) is 26.4 Å². The quantitative estimate of drug-likeness (QED) is 0.634. The molecule has 0 amide bonds. The molecule has 0 saturated heterocycles. The molecule has 2 rings (SSSR count). The van der Waals surface area contributed by atoms with Gasteiger partial charge in [0.05, 0.1) is 6.54 Å². The Kier molecular flexibility index (Phi) is 5.62. The van der Waals surface area contributed by atoms with E-state index in [4.69, 9.17) is 12.2 Å². The van der Waals surface area contributed by atoms with Crippen LogP contribution in [0.5, 0.6) is 0 Å². The van der Waals surface area contributed by atoms with Crippen LogP contribution >= 0.6 is 12.2 Å². The number of nitrogens with one attached hydrogen (secondary N) is 2. The Hall–Kier alpha value is -2.02. The van der Waals surface area contributed by atoms with E-state index in [1.165, 1.54) is 6.07 Å². The molecule has 0 aliphatic rings. The Morgan fingerprint density at radius 2 is 2.19 bits per heavy atom. The number of benzene rings is 1. The molecular formula is C14H18FN5S. The van der Waals surface area contributed by atoms with Crippen molar-refractivity contribution in [2.45, 2.75) is 26.3 Å². The van der Waals surface area contributed by atoms with E-state index in [1.807, 2.05) is 0 Å². The first-order valence-corrected chi connectivity index (χ1v) is 7.27. The molecule has 0 saturated carbocycles. The van der Waals surface area contributed by atoms with Crippen LogP contribution in [0.2, 0.25) is 0 Å². The van der Waals surface area contributed by atoms with Crippen molar-refractivity contribution in [2.24, 2.45) is 0 Å². The molecule has 2 aromatic rings. The van der Waals surface area contributed by atoms with Crippen molar-refractivity contribution in [2.75, 3.05) is 11.9 Å². The first-order chi connectivity index (χ1) is 10.2. The zero-order valence-electron chi connectivity index (χ0n) is 11.8. The van der Waals surface area contributed by atoms with Crippen molar-refractivity contribution in [3.63, 3.8) is 0 Å². The Balaban J connectivity index is 1.89. The Labute approximate surface area is 128 Å². The monoisotopic (exact) mass is 307 g/mol. The average molecular weight is 307 g/mol. The first kappa shape index (κ1) is 15.4. The molecule has 5 nitrogen and oxygen atoms in total. The molecule has 112 valence electrons. The summed E-state index contributed by atoms with van der Waals surface area (Å²) in [4.78, 5) is 4.10. The zero-order chi connectivity index (χ0) is 15.1. The number of nitrogens with zero attached hydrogens (tertiary/aromatic N) is 3. The highest BCUT2D eigenvalue weighted by Gasteiger charge is 2.06. The predicted molar refractivity (Wildman–Crippen MR) is 84.7 cm³/mol. The van der Waals surface area contributed by atoms with Gasteiger partial charge in [0.2, 0.25) is 5.95 Å². The third kappa shape index (κ3) is 4.78. The fourth-order valence-electron chi connectivity index (χ4n) is 1.75. The van der Waals surface area contributed by atoms with Gasteiger partial charge in [-0.25, -0.2) is 14.1 Å². The van der Waals surface area contributed by atoms with Crippen LogP contribution in [-0.2, 0) is 6.54 Å². The van der Waals surface area contributed by atoms with E-state index in [0.717, 1.165) is 19.4 Å². The average Bonchev–Trinajstić information content (AvgIpc) is 2.89. The van der Waals surface area contributed by atoms with Gasteiger partial charge in [-0.3, -0.25) is 5.32 Å². The smallest absolute Gasteiger partial charge is 0.248 e. The molecule has 0 bridgehead atoms. The summed E-state index contributed by atoms with van der Waals surface area (Å²) in [6.07, 6.45) is 3.70. The van der Waals surface area contributed by atoms with Gasteiger partial charge in [-0.05, 0) is 24.7 Å². The largest absolute Gasteiger partial charge is 0.362 e. The summed E-state index contributed by atoms with van der Waals surface area (Å²) in [5.74, 6) is 0.152. The van der Waals surface area contributed by atoms with Crippen molar-refractivity contribution < 1.29 is 4.39 Å². The van der Waals surface area contributed by atoms with Crippen molar-refractivity contribution in [3.8, 4) is 0 Å². The summed E-state index contributed by atoms with van der Waals surface area (Å²) < 4.78 is 15.1. The Morgan fingerprint density at radius 1 is 1.38 bits per heavy atom. The summed E-state index contributed by atoms with van der Waals surface area (Å²) in [5.41, 5.74) is 0.567. The van der Waals surface area contributed by atoms with Crippen molar-refractivity contribution in [1.29, 1.82) is 0 Å². The first-order valence-electron chi connectivity index (χ1n) is 6.86. The molecule has 1 aromatic carbocycles. The number of aromatic nitrogens is 3. The van der Waals surface area contributed by atoms with Gasteiger partial charge in [0, 0.05) is 12.1 Å². The standard InChI is InChI=1S/C14H18FN5S/c1-2-3-8-16-14(21)18-13-17-10-20(19-13)9-11-6-4-5-7-12(11)15/h4-7,10H,2-3,8-9H2,1H3,(H2,16,18,19,21). The fraction of sp³-hybridized carbons (Fsp3) is 0.357. The third-order valence-electron chi connectivity index (χ3n) is 2.87. The van der Waals surface area contributed by atoms with Crippen LogP contribution in [0.1, 0.15) is 25.3 Å². The van der Waals surface area contributed by atoms with Gasteiger partial charge in [-0.2, -0.15) is 0 Å². The number of halogens is 1. The molecule has 7 heteroatoms. The van der Waals surface area contributed by atoms with Crippen LogP contribution in [0.4, 0.5) is 10.3 Å². The second-order valence-electron chi connectivity index (χ2n) is 4.59. The Bertz CT molecular complexity index is 599. The minimum atomic E-state index is -0.251. The molecule has 2 N–H and O–H groups in total. The van der Waals surface area contributed by atoms with Crippen LogP contribution in [0.25, 0.3) is 0 Å². The van der Waals surface area contributed by atoms with Gasteiger partial charge >= 0.3 is 0 Å². The summed E-state index contributed by atoms with van der Waals surface area (Å²) >= 11 is 5.14. The van der Waals surface area contributed by atoms with E-state index in [2.05, 4.69) is 27.6 Å². The van der Waals surface area contributed by atoms with E-state index in [-0.39, 0.29) is 5.82 Å². The maximum Gasteiger partial charge on any atom is 0.248 e. The van der Waals surface area contributed by atoms with Crippen LogP contribution in [0.15, 0.2) is 30.6 Å². The van der Waals surface area contributed by atoms with E-state index in [1.54, 1.807) is 29.2 Å². The van der Waals surface area contributed by atoms with Gasteiger partial charge in [0.1, 0.15) is 12.1 Å². The maximum atomic E-state index is 13.6. The lowest BCUT2D eigenvalue weighted by Gasteiger charge is -2.06. The van der Waals surface area contributed by atoms with Gasteiger partial charge < -0.3 is 5.32 Å². The number of hydrogen-bond donors (Lipinski definition) is 2. The molecule has 0 aliphatic heterocycles. The number of rotatable bonds is 6. The molecule has 0 aliphatic carbocycles. The highest BCUT2D eigenvalue weighted by atomic mass is 32.1. The number of thiocarbonyl (C=S) groups is 1. The summed E-state index contributed by atoms with van der Waals surface area (Å²) in [6.45, 7) is 3.26. The van der Waals surface area contributed by atoms with Crippen LogP contribution in [0.3, 0.4) is 0 Å². The maximum absolute atomic E-state index is 13.6. The summed E-state index contributed by atoms with van der Waals surface area (Å²) in [5, 5.41) is 10.7. The lowest BCUT2D eigenvalue weighted by molar-refractivity contribution is 0.585. The molecular weight excluding hydrogens is 289 g/mol. The van der Waals surface area contributed by atoms with Gasteiger partial charge in [0.15, 0.2) is 5.11 Å². The van der Waals surface area contributed by atoms with Gasteiger partial charge in [0.25, 0.3) is 0 Å². The van der Waals surface area contributed by atoms with E-state index in [9.17, 15) is 4.39 Å². The van der Waals surface area contributed by atoms with E-state index in [0.29, 0.717) is 23.2 Å². The number of hydrogen-bond acceptors (Lipinski definition) is 3. The molecule has 21 heavy (non-hydrogen) atoms. The molecule has 0 radical (unpaired) electrons. The van der Waals surface area contributed by atoms with Crippen LogP contribution < -0.4 is 10.6 Å². The third-order valence-corrected chi connectivity index (χ3v) is 3.11. The van der Waals surface area contributed by atoms with Crippen LogP contribution in [0, 0.1) is 5.82 Å². The highest BCUT2D eigenvalue weighted by molar-refractivity contribution is 7.80. The molecule has 0 atom stereocenters. The topological polar surface area (TPSA) is 54.8 Å². The molecule has 0 spiro atoms. The highest BCUT2D eigenvalue weighted by Crippen LogP contribution is 2.08. The number of anilines is 1. The van der Waals surface area contributed by atoms with Crippen molar-refractivity contribution >= 4 is 23.3 Å². The van der Waals surface area contributed by atoms with Crippen molar-refractivity contribution in [1.82, 2.24) is 20.1 Å². The molecule has 0 unspecified atom stereocenters. The second kappa shape index (κ2) is 7.68. The van der Waals surface area contributed by atoms with Gasteiger partial charge in [-0.15, -0.1) is 5.10 Å². The Morgan fingerprint density at radius 3 is 2.95 bits per heavy atom. The SMILES string of the molecule is CCCCNC(=S)Nc1ncn(Cc2ccccc2F)n1. The molecule has 0 fully saturated rings. The van der Waals surface area contributed by atoms with E-state index >= 15 is 0 Å². The summed E-state index contributed by atoms with van der Waals surface area (Å²) in [7, 11) is 0. The van der Waals surface area contributed by atoms with Crippen molar-refractivity contribution in [3.05, 3.63) is 42.0 Å². The molecule has 1 heterocycles. The minimum absolute atomic E-state index is 0.251. The second-order valence-corrected chi connectivity index (χ2v) is 5.00. The molecule has 1 aromatic heterocycles. The normalized spacial score (nSPS) is 10.4. The van der Waals surface area contributed by atoms with Gasteiger partial charge in [-0.1, -0.05) is 31.5 Å². The fourth-order valence-corrected chi connectivity index (χ4v) is 1.95. The lowest BCUT2D eigenvalue weighted by atomic mass is 10.2. The minimum Gasteiger partial charge on any atom is -0.362 e.